The lowest BCUT2D eigenvalue weighted by molar-refractivity contribution is -0.141. The maximum absolute atomic E-state index is 12.3. The first kappa shape index (κ1) is 15.8. The van der Waals surface area contributed by atoms with Crippen LogP contribution in [0.5, 0.6) is 0 Å². The van der Waals surface area contributed by atoms with E-state index in [1.54, 1.807) is 7.05 Å². The number of alkyl halides is 3. The van der Waals surface area contributed by atoms with E-state index in [1.165, 1.54) is 0 Å². The zero-order valence-corrected chi connectivity index (χ0v) is 11.4. The Morgan fingerprint density at radius 3 is 2.22 bits per heavy atom. The fourth-order valence-electron chi connectivity index (χ4n) is 2.90. The molecule has 0 aliphatic heterocycles. The molecule has 18 heavy (non-hydrogen) atoms. The van der Waals surface area contributed by atoms with Crippen molar-refractivity contribution < 1.29 is 13.2 Å². The smallest absolute Gasteiger partial charge is 0.329 e. The molecule has 0 heterocycles. The number of likely N-dealkylation sites (N-methyl/N-ethyl adjacent to an activating group) is 1. The third-order valence-electron chi connectivity index (χ3n) is 4.53. The van der Waals surface area contributed by atoms with E-state index in [1.807, 2.05) is 4.90 Å². The summed E-state index contributed by atoms with van der Waals surface area (Å²) in [5, 5.41) is 0. The molecule has 5 heteroatoms. The van der Waals surface area contributed by atoms with Crippen molar-refractivity contribution in [3.63, 3.8) is 0 Å². The minimum atomic E-state index is -4.08. The Kier molecular flexibility index (Phi) is 5.46. The summed E-state index contributed by atoms with van der Waals surface area (Å²) in [5.41, 5.74) is 5.63. The molecule has 0 unspecified atom stereocenters. The SMILES string of the molecule is CCC1CCC(CN)(N(C)CCC(F)(F)F)CC1. The Bertz CT molecular complexity index is 245. The van der Waals surface area contributed by atoms with Gasteiger partial charge in [-0.05, 0) is 38.6 Å². The summed E-state index contributed by atoms with van der Waals surface area (Å²) in [6.07, 6.45) is 0.362. The van der Waals surface area contributed by atoms with Gasteiger partial charge in [-0.2, -0.15) is 13.2 Å². The second kappa shape index (κ2) is 6.24. The first-order valence-corrected chi connectivity index (χ1v) is 6.81. The Balaban J connectivity index is 2.54. The van der Waals surface area contributed by atoms with Gasteiger partial charge < -0.3 is 5.73 Å². The summed E-state index contributed by atoms with van der Waals surface area (Å²) in [6.45, 7) is 2.68. The van der Waals surface area contributed by atoms with Crippen LogP contribution in [0.4, 0.5) is 13.2 Å². The maximum atomic E-state index is 12.3. The quantitative estimate of drug-likeness (QED) is 0.828. The van der Waals surface area contributed by atoms with Crippen LogP contribution in [-0.2, 0) is 0 Å². The van der Waals surface area contributed by atoms with Gasteiger partial charge in [-0.3, -0.25) is 4.90 Å². The fourth-order valence-corrected chi connectivity index (χ4v) is 2.90. The average molecular weight is 266 g/mol. The van der Waals surface area contributed by atoms with E-state index in [-0.39, 0.29) is 12.1 Å². The minimum absolute atomic E-state index is 0.0531. The number of nitrogens with zero attached hydrogens (tertiary/aromatic N) is 1. The van der Waals surface area contributed by atoms with Crippen LogP contribution in [0.1, 0.15) is 45.4 Å². The van der Waals surface area contributed by atoms with Gasteiger partial charge >= 0.3 is 6.18 Å². The molecule has 108 valence electrons. The van der Waals surface area contributed by atoms with E-state index in [4.69, 9.17) is 5.73 Å². The van der Waals surface area contributed by atoms with Crippen molar-refractivity contribution in [2.75, 3.05) is 20.1 Å². The van der Waals surface area contributed by atoms with Crippen LogP contribution in [0.3, 0.4) is 0 Å². The van der Waals surface area contributed by atoms with Crippen LogP contribution >= 0.6 is 0 Å². The van der Waals surface area contributed by atoms with Gasteiger partial charge in [0.1, 0.15) is 0 Å². The highest BCUT2D eigenvalue weighted by Crippen LogP contribution is 2.37. The van der Waals surface area contributed by atoms with Crippen LogP contribution in [0.15, 0.2) is 0 Å². The first-order chi connectivity index (χ1) is 8.33. The Hall–Kier alpha value is -0.290. The van der Waals surface area contributed by atoms with E-state index >= 15 is 0 Å². The summed E-state index contributed by atoms with van der Waals surface area (Å²) >= 11 is 0. The fraction of sp³-hybridized carbons (Fsp3) is 1.00. The standard InChI is InChI=1S/C13H25F3N2/c1-3-11-4-6-12(10-17,7-5-11)18(2)9-8-13(14,15)16/h11H,3-10,17H2,1-2H3. The van der Waals surface area contributed by atoms with Gasteiger partial charge in [-0.25, -0.2) is 0 Å². The van der Waals surface area contributed by atoms with Gasteiger partial charge in [0.25, 0.3) is 0 Å². The molecule has 0 amide bonds. The maximum Gasteiger partial charge on any atom is 0.390 e. The monoisotopic (exact) mass is 266 g/mol. The molecule has 0 atom stereocenters. The van der Waals surface area contributed by atoms with Crippen molar-refractivity contribution in [3.8, 4) is 0 Å². The van der Waals surface area contributed by atoms with Crippen molar-refractivity contribution in [2.45, 2.75) is 57.2 Å². The largest absolute Gasteiger partial charge is 0.390 e. The third kappa shape index (κ3) is 4.12. The number of rotatable bonds is 5. The molecule has 1 saturated carbocycles. The molecule has 0 aromatic carbocycles. The van der Waals surface area contributed by atoms with E-state index in [9.17, 15) is 13.2 Å². The van der Waals surface area contributed by atoms with E-state index in [0.29, 0.717) is 6.54 Å². The third-order valence-corrected chi connectivity index (χ3v) is 4.53. The molecule has 1 aliphatic rings. The average Bonchev–Trinajstić information content (AvgIpc) is 2.35. The molecule has 0 aromatic rings. The van der Waals surface area contributed by atoms with Gasteiger partial charge in [0.2, 0.25) is 0 Å². The lowest BCUT2D eigenvalue weighted by atomic mass is 9.74. The summed E-state index contributed by atoms with van der Waals surface area (Å²) in [6, 6.07) is 0. The molecule has 1 rings (SSSR count). The van der Waals surface area contributed by atoms with Crippen molar-refractivity contribution in [1.29, 1.82) is 0 Å². The normalized spacial score (nSPS) is 29.8. The molecular weight excluding hydrogens is 241 g/mol. The van der Waals surface area contributed by atoms with Crippen molar-refractivity contribution in [1.82, 2.24) is 4.90 Å². The molecule has 1 aliphatic carbocycles. The van der Waals surface area contributed by atoms with Crippen LogP contribution in [-0.4, -0.2) is 36.8 Å². The number of hydrogen-bond donors (Lipinski definition) is 1. The molecule has 1 fully saturated rings. The summed E-state index contributed by atoms with van der Waals surface area (Å²) in [5.74, 6) is 0.723. The first-order valence-electron chi connectivity index (χ1n) is 6.81. The van der Waals surface area contributed by atoms with E-state index in [0.717, 1.165) is 38.0 Å². The predicted octanol–water partition coefficient (Wildman–Crippen LogP) is 3.17. The Labute approximate surface area is 108 Å². The predicted molar refractivity (Wildman–Crippen MR) is 67.3 cm³/mol. The summed E-state index contributed by atoms with van der Waals surface area (Å²) < 4.78 is 36.8. The lowest BCUT2D eigenvalue weighted by Gasteiger charge is -2.46. The second-order valence-electron chi connectivity index (χ2n) is 5.57. The van der Waals surface area contributed by atoms with Gasteiger partial charge in [0, 0.05) is 18.6 Å². The van der Waals surface area contributed by atoms with Crippen LogP contribution < -0.4 is 5.73 Å². The zero-order chi connectivity index (χ0) is 13.8. The molecule has 0 aromatic heterocycles. The Morgan fingerprint density at radius 1 is 1.28 bits per heavy atom. The molecule has 2 nitrogen and oxygen atoms in total. The molecule has 0 saturated heterocycles. The number of halogens is 3. The van der Waals surface area contributed by atoms with Crippen molar-refractivity contribution in [3.05, 3.63) is 0 Å². The second-order valence-corrected chi connectivity index (χ2v) is 5.57. The van der Waals surface area contributed by atoms with Crippen molar-refractivity contribution in [2.24, 2.45) is 11.7 Å². The molecule has 0 spiro atoms. The molecule has 2 N–H and O–H groups in total. The molecule has 0 radical (unpaired) electrons. The number of nitrogens with two attached hydrogens (primary N) is 1. The minimum Gasteiger partial charge on any atom is -0.329 e. The summed E-state index contributed by atoms with van der Waals surface area (Å²) in [7, 11) is 1.78. The van der Waals surface area contributed by atoms with E-state index < -0.39 is 12.6 Å². The topological polar surface area (TPSA) is 29.3 Å². The highest BCUT2D eigenvalue weighted by Gasteiger charge is 2.38. The molecular formula is C13H25F3N2. The van der Waals surface area contributed by atoms with Crippen LogP contribution in [0.25, 0.3) is 0 Å². The number of hydrogen-bond acceptors (Lipinski definition) is 2. The molecule has 0 bridgehead atoms. The van der Waals surface area contributed by atoms with Crippen LogP contribution in [0.2, 0.25) is 0 Å². The Morgan fingerprint density at radius 2 is 1.83 bits per heavy atom. The highest BCUT2D eigenvalue weighted by molar-refractivity contribution is 4.94. The summed E-state index contributed by atoms with van der Waals surface area (Å²) in [4.78, 5) is 1.84. The van der Waals surface area contributed by atoms with Gasteiger partial charge in [0.15, 0.2) is 0 Å². The zero-order valence-electron chi connectivity index (χ0n) is 11.4. The lowest BCUT2D eigenvalue weighted by Crippen LogP contribution is -2.54. The van der Waals surface area contributed by atoms with Crippen molar-refractivity contribution >= 4 is 0 Å². The van der Waals surface area contributed by atoms with Gasteiger partial charge in [-0.1, -0.05) is 13.3 Å². The van der Waals surface area contributed by atoms with Crippen LogP contribution in [0, 0.1) is 5.92 Å². The van der Waals surface area contributed by atoms with E-state index in [2.05, 4.69) is 6.92 Å². The van der Waals surface area contributed by atoms with Gasteiger partial charge in [-0.15, -0.1) is 0 Å². The highest BCUT2D eigenvalue weighted by atomic mass is 19.4. The van der Waals surface area contributed by atoms with Gasteiger partial charge in [0.05, 0.1) is 6.42 Å².